The Kier molecular flexibility index (Phi) is 6.28. The highest BCUT2D eigenvalue weighted by Gasteiger charge is 2.39. The Morgan fingerprint density at radius 2 is 2.08 bits per heavy atom. The molecule has 2 fully saturated rings. The Bertz CT molecular complexity index is 624. The highest BCUT2D eigenvalue weighted by Crippen LogP contribution is 2.43. The smallest absolute Gasteiger partial charge is 0.193 e. The van der Waals surface area contributed by atoms with Gasteiger partial charge in [0.25, 0.3) is 0 Å². The van der Waals surface area contributed by atoms with E-state index in [0.717, 1.165) is 37.6 Å². The van der Waals surface area contributed by atoms with Gasteiger partial charge in [-0.05, 0) is 49.7 Å². The van der Waals surface area contributed by atoms with E-state index >= 15 is 0 Å². The van der Waals surface area contributed by atoms with E-state index in [0.29, 0.717) is 17.7 Å². The molecular weight excluding hydrogens is 326 g/mol. The molecule has 0 unspecified atom stereocenters. The van der Waals surface area contributed by atoms with Gasteiger partial charge in [0.1, 0.15) is 11.5 Å². The number of likely N-dealkylation sites (tertiary alicyclic amines) is 1. The molecule has 2 N–H and O–H groups in total. The van der Waals surface area contributed by atoms with Gasteiger partial charge in [0.2, 0.25) is 0 Å². The second kappa shape index (κ2) is 8.65. The van der Waals surface area contributed by atoms with Crippen molar-refractivity contribution in [3.05, 3.63) is 23.8 Å². The normalized spacial score (nSPS) is 19.8. The highest BCUT2D eigenvalue weighted by molar-refractivity contribution is 5.80. The molecule has 1 aliphatic carbocycles. The van der Waals surface area contributed by atoms with Gasteiger partial charge in [-0.1, -0.05) is 25.3 Å². The van der Waals surface area contributed by atoms with Crippen LogP contribution >= 0.6 is 0 Å². The minimum atomic E-state index is 0.284. The summed E-state index contributed by atoms with van der Waals surface area (Å²) in [6, 6.07) is 5.47. The van der Waals surface area contributed by atoms with E-state index in [1.165, 1.54) is 38.5 Å². The number of phenols is 1. The number of hydrogen-bond donors (Lipinski definition) is 2. The molecule has 26 heavy (non-hydrogen) atoms. The molecule has 3 rings (SSSR count). The van der Waals surface area contributed by atoms with Gasteiger partial charge in [-0.3, -0.25) is 4.99 Å². The Morgan fingerprint density at radius 1 is 1.27 bits per heavy atom. The zero-order valence-electron chi connectivity index (χ0n) is 16.3. The Balaban J connectivity index is 1.61. The standard InChI is InChI=1S/C21H33N3O2/c1-3-22-20(24-14-12-21(16-24)10-5-4-6-11-21)23-13-9-17-7-8-18(26-2)15-19(17)25/h7-8,15,25H,3-6,9-14,16H2,1-2H3,(H,22,23). The lowest BCUT2D eigenvalue weighted by molar-refractivity contribution is 0.203. The van der Waals surface area contributed by atoms with E-state index in [4.69, 9.17) is 9.73 Å². The summed E-state index contributed by atoms with van der Waals surface area (Å²) in [5.74, 6) is 1.99. The van der Waals surface area contributed by atoms with Gasteiger partial charge < -0.3 is 20.1 Å². The van der Waals surface area contributed by atoms with Crippen molar-refractivity contribution in [3.8, 4) is 11.5 Å². The molecule has 0 radical (unpaired) electrons. The van der Waals surface area contributed by atoms with Gasteiger partial charge in [0.05, 0.1) is 7.11 Å². The summed E-state index contributed by atoms with van der Waals surface area (Å²) in [6.45, 7) is 5.94. The average molecular weight is 360 g/mol. The van der Waals surface area contributed by atoms with Gasteiger partial charge in [0.15, 0.2) is 5.96 Å². The molecular formula is C21H33N3O2. The van der Waals surface area contributed by atoms with Crippen LogP contribution in [0.1, 0.15) is 51.0 Å². The molecule has 0 amide bonds. The summed E-state index contributed by atoms with van der Waals surface area (Å²) in [5.41, 5.74) is 1.44. The number of aromatic hydroxyl groups is 1. The molecule has 1 aliphatic heterocycles. The van der Waals surface area contributed by atoms with Crippen LogP contribution in [0.5, 0.6) is 11.5 Å². The fourth-order valence-electron chi connectivity index (χ4n) is 4.42. The van der Waals surface area contributed by atoms with Gasteiger partial charge in [-0.2, -0.15) is 0 Å². The predicted molar refractivity (Wildman–Crippen MR) is 106 cm³/mol. The number of guanidine groups is 1. The summed E-state index contributed by atoms with van der Waals surface area (Å²) < 4.78 is 5.14. The molecule has 1 heterocycles. The third-order valence-electron chi connectivity index (χ3n) is 5.92. The summed E-state index contributed by atoms with van der Waals surface area (Å²) >= 11 is 0. The van der Waals surface area contributed by atoms with Crippen LogP contribution in [0.2, 0.25) is 0 Å². The molecule has 1 aromatic carbocycles. The first-order valence-corrected chi connectivity index (χ1v) is 10.0. The number of nitrogens with one attached hydrogen (secondary N) is 1. The molecule has 1 saturated heterocycles. The second-order valence-corrected chi connectivity index (χ2v) is 7.71. The lowest BCUT2D eigenvalue weighted by Gasteiger charge is -2.33. The molecule has 5 heteroatoms. The summed E-state index contributed by atoms with van der Waals surface area (Å²) in [7, 11) is 1.61. The van der Waals surface area contributed by atoms with E-state index in [2.05, 4.69) is 17.1 Å². The third-order valence-corrected chi connectivity index (χ3v) is 5.92. The van der Waals surface area contributed by atoms with Crippen LogP contribution in [0.3, 0.4) is 0 Å². The van der Waals surface area contributed by atoms with Gasteiger partial charge in [0, 0.05) is 32.2 Å². The van der Waals surface area contributed by atoms with Gasteiger partial charge >= 0.3 is 0 Å². The minimum Gasteiger partial charge on any atom is -0.508 e. The van der Waals surface area contributed by atoms with Crippen molar-refractivity contribution in [2.45, 2.75) is 51.9 Å². The maximum atomic E-state index is 10.1. The van der Waals surface area contributed by atoms with Crippen LogP contribution in [-0.4, -0.2) is 49.3 Å². The highest BCUT2D eigenvalue weighted by atomic mass is 16.5. The van der Waals surface area contributed by atoms with Crippen LogP contribution in [0.25, 0.3) is 0 Å². The van der Waals surface area contributed by atoms with E-state index < -0.39 is 0 Å². The molecule has 0 bridgehead atoms. The minimum absolute atomic E-state index is 0.284. The zero-order valence-corrected chi connectivity index (χ0v) is 16.3. The summed E-state index contributed by atoms with van der Waals surface area (Å²) in [5, 5.41) is 13.6. The summed E-state index contributed by atoms with van der Waals surface area (Å²) in [4.78, 5) is 7.29. The summed E-state index contributed by atoms with van der Waals surface area (Å²) in [6.07, 6.45) is 8.96. The number of methoxy groups -OCH3 is 1. The SMILES string of the molecule is CCNC(=NCCc1ccc(OC)cc1O)N1CCC2(CCCCC2)C1. The van der Waals surface area contributed by atoms with Crippen molar-refractivity contribution < 1.29 is 9.84 Å². The van der Waals surface area contributed by atoms with Crippen LogP contribution in [-0.2, 0) is 6.42 Å². The monoisotopic (exact) mass is 359 g/mol. The van der Waals surface area contributed by atoms with Crippen LogP contribution < -0.4 is 10.1 Å². The average Bonchev–Trinajstić information content (AvgIpc) is 3.06. The molecule has 144 valence electrons. The van der Waals surface area contributed by atoms with E-state index in [-0.39, 0.29) is 5.75 Å². The molecule has 1 aromatic rings. The number of ether oxygens (including phenoxy) is 1. The fourth-order valence-corrected chi connectivity index (χ4v) is 4.42. The van der Waals surface area contributed by atoms with Crippen molar-refractivity contribution in [3.63, 3.8) is 0 Å². The van der Waals surface area contributed by atoms with E-state index in [1.54, 1.807) is 13.2 Å². The number of hydrogen-bond acceptors (Lipinski definition) is 3. The molecule has 0 aromatic heterocycles. The predicted octanol–water partition coefficient (Wildman–Crippen LogP) is 3.57. The maximum Gasteiger partial charge on any atom is 0.193 e. The lowest BCUT2D eigenvalue weighted by Crippen LogP contribution is -2.41. The van der Waals surface area contributed by atoms with Crippen molar-refractivity contribution in [2.75, 3.05) is 33.3 Å². The van der Waals surface area contributed by atoms with Gasteiger partial charge in [-0.25, -0.2) is 0 Å². The van der Waals surface area contributed by atoms with Crippen molar-refractivity contribution in [1.82, 2.24) is 10.2 Å². The van der Waals surface area contributed by atoms with Gasteiger partial charge in [-0.15, -0.1) is 0 Å². The van der Waals surface area contributed by atoms with Crippen LogP contribution in [0.4, 0.5) is 0 Å². The molecule has 1 spiro atoms. The Labute approximate surface area is 157 Å². The van der Waals surface area contributed by atoms with E-state index in [9.17, 15) is 5.11 Å². The van der Waals surface area contributed by atoms with Crippen molar-refractivity contribution in [2.24, 2.45) is 10.4 Å². The van der Waals surface area contributed by atoms with E-state index in [1.807, 2.05) is 12.1 Å². The maximum absolute atomic E-state index is 10.1. The Hall–Kier alpha value is -1.91. The first-order valence-electron chi connectivity index (χ1n) is 10.0. The largest absolute Gasteiger partial charge is 0.508 e. The number of phenolic OH excluding ortho intramolecular Hbond substituents is 1. The van der Waals surface area contributed by atoms with Crippen LogP contribution in [0.15, 0.2) is 23.2 Å². The number of rotatable bonds is 5. The molecule has 1 saturated carbocycles. The van der Waals surface area contributed by atoms with Crippen LogP contribution in [0, 0.1) is 5.41 Å². The number of nitrogens with zero attached hydrogens (tertiary/aromatic N) is 2. The fraction of sp³-hybridized carbons (Fsp3) is 0.667. The third kappa shape index (κ3) is 4.43. The second-order valence-electron chi connectivity index (χ2n) is 7.71. The van der Waals surface area contributed by atoms with Crippen molar-refractivity contribution >= 4 is 5.96 Å². The molecule has 2 aliphatic rings. The number of aliphatic imine (C=N–C) groups is 1. The molecule has 0 atom stereocenters. The number of benzene rings is 1. The topological polar surface area (TPSA) is 57.1 Å². The zero-order chi connectivity index (χ0) is 18.4. The quantitative estimate of drug-likeness (QED) is 0.623. The Morgan fingerprint density at radius 3 is 2.77 bits per heavy atom. The first kappa shape index (κ1) is 18.9. The van der Waals surface area contributed by atoms with Crippen molar-refractivity contribution in [1.29, 1.82) is 0 Å². The first-order chi connectivity index (χ1) is 12.7. The lowest BCUT2D eigenvalue weighted by atomic mass is 9.73. The molecule has 5 nitrogen and oxygen atoms in total.